The first-order valence-corrected chi connectivity index (χ1v) is 8.53. The summed E-state index contributed by atoms with van der Waals surface area (Å²) in [4.78, 5) is 4.28. The zero-order valence-electron chi connectivity index (χ0n) is 10.9. The Hall–Kier alpha value is -1.15. The zero-order valence-corrected chi connectivity index (χ0v) is 13.3. The summed E-state index contributed by atoms with van der Waals surface area (Å²) in [7, 11) is -3.71. The number of nitrogens with one attached hydrogen (secondary N) is 1. The van der Waals surface area contributed by atoms with Gasteiger partial charge in [-0.1, -0.05) is 11.6 Å². The highest BCUT2D eigenvalue weighted by molar-refractivity contribution is 7.89. The number of thiazole rings is 1. The predicted octanol–water partition coefficient (Wildman–Crippen LogP) is 2.73. The number of benzene rings is 1. The fourth-order valence-electron chi connectivity index (χ4n) is 1.68. The van der Waals surface area contributed by atoms with E-state index in [1.807, 2.05) is 12.3 Å². The van der Waals surface area contributed by atoms with Crippen molar-refractivity contribution in [3.8, 4) is 0 Å². The molecule has 8 heteroatoms. The minimum Gasteiger partial charge on any atom is -0.398 e. The van der Waals surface area contributed by atoms with Crippen LogP contribution >= 0.6 is 22.9 Å². The van der Waals surface area contributed by atoms with Crippen LogP contribution in [0.3, 0.4) is 0 Å². The number of anilines is 1. The van der Waals surface area contributed by atoms with Crippen LogP contribution in [0.15, 0.2) is 28.5 Å². The molecule has 2 aromatic rings. The van der Waals surface area contributed by atoms with Gasteiger partial charge in [0.05, 0.1) is 11.7 Å². The lowest BCUT2D eigenvalue weighted by molar-refractivity contribution is 0.566. The van der Waals surface area contributed by atoms with E-state index in [9.17, 15) is 8.42 Å². The van der Waals surface area contributed by atoms with Gasteiger partial charge in [-0.3, -0.25) is 0 Å². The normalized spacial score (nSPS) is 13.3. The van der Waals surface area contributed by atoms with E-state index in [-0.39, 0.29) is 10.6 Å². The molecule has 1 aromatic carbocycles. The Morgan fingerprint density at radius 3 is 2.70 bits per heavy atom. The maximum absolute atomic E-state index is 12.3. The molecule has 0 aliphatic carbocycles. The topological polar surface area (TPSA) is 85.1 Å². The molecule has 0 aliphatic heterocycles. The monoisotopic (exact) mass is 331 g/mol. The first kappa shape index (κ1) is 15.2. The van der Waals surface area contributed by atoms with Crippen molar-refractivity contribution in [3.63, 3.8) is 0 Å². The van der Waals surface area contributed by atoms with E-state index >= 15 is 0 Å². The molecular weight excluding hydrogens is 318 g/mol. The lowest BCUT2D eigenvalue weighted by atomic mass is 10.3. The molecule has 0 radical (unpaired) electrons. The van der Waals surface area contributed by atoms with Gasteiger partial charge >= 0.3 is 0 Å². The van der Waals surface area contributed by atoms with Gasteiger partial charge in [0.15, 0.2) is 0 Å². The number of aryl methyl sites for hydroxylation is 1. The standard InChI is InChI=1S/C12H14ClN3O2S2/c1-7-6-19-12(15-7)8(2)16-20(17,18)11-4-3-9(13)5-10(11)14/h3-6,8,16H,14H2,1-2H3. The number of halogens is 1. The van der Waals surface area contributed by atoms with Crippen LogP contribution in [0.4, 0.5) is 5.69 Å². The van der Waals surface area contributed by atoms with Gasteiger partial charge < -0.3 is 5.73 Å². The average molecular weight is 332 g/mol. The molecule has 1 atom stereocenters. The van der Waals surface area contributed by atoms with Crippen molar-refractivity contribution in [1.29, 1.82) is 0 Å². The molecule has 0 bridgehead atoms. The average Bonchev–Trinajstić information content (AvgIpc) is 2.74. The lowest BCUT2D eigenvalue weighted by Crippen LogP contribution is -2.27. The second kappa shape index (κ2) is 5.69. The van der Waals surface area contributed by atoms with Crippen molar-refractivity contribution in [2.75, 3.05) is 5.73 Å². The zero-order chi connectivity index (χ0) is 14.9. The number of aromatic nitrogens is 1. The Bertz CT molecular complexity index is 728. The van der Waals surface area contributed by atoms with E-state index in [1.54, 1.807) is 6.92 Å². The molecule has 1 heterocycles. The van der Waals surface area contributed by atoms with Crippen molar-refractivity contribution >= 4 is 38.6 Å². The summed E-state index contributed by atoms with van der Waals surface area (Å²) >= 11 is 7.18. The fraction of sp³-hybridized carbons (Fsp3) is 0.250. The summed E-state index contributed by atoms with van der Waals surface area (Å²) in [6.45, 7) is 3.60. The van der Waals surface area contributed by atoms with Crippen LogP contribution in [-0.2, 0) is 10.0 Å². The minimum atomic E-state index is -3.71. The van der Waals surface area contributed by atoms with Gasteiger partial charge in [0, 0.05) is 16.1 Å². The summed E-state index contributed by atoms with van der Waals surface area (Å²) in [6, 6.07) is 3.87. The smallest absolute Gasteiger partial charge is 0.243 e. The Balaban J connectivity index is 2.27. The van der Waals surface area contributed by atoms with Gasteiger partial charge in [-0.05, 0) is 32.0 Å². The second-order valence-electron chi connectivity index (χ2n) is 4.35. The molecule has 3 N–H and O–H groups in total. The molecule has 108 valence electrons. The number of nitrogen functional groups attached to an aromatic ring is 1. The van der Waals surface area contributed by atoms with Crippen molar-refractivity contribution in [2.24, 2.45) is 0 Å². The van der Waals surface area contributed by atoms with Crippen LogP contribution in [0.5, 0.6) is 0 Å². The summed E-state index contributed by atoms with van der Waals surface area (Å²) in [5, 5.41) is 2.97. The van der Waals surface area contributed by atoms with Gasteiger partial charge in [0.25, 0.3) is 0 Å². The molecule has 5 nitrogen and oxygen atoms in total. The van der Waals surface area contributed by atoms with E-state index in [4.69, 9.17) is 17.3 Å². The van der Waals surface area contributed by atoms with E-state index in [0.29, 0.717) is 10.0 Å². The Labute approximate surface area is 126 Å². The highest BCUT2D eigenvalue weighted by Crippen LogP contribution is 2.25. The SMILES string of the molecule is Cc1csc(C(C)NS(=O)(=O)c2ccc(Cl)cc2N)n1. The van der Waals surface area contributed by atoms with E-state index in [0.717, 1.165) is 5.69 Å². The first-order valence-electron chi connectivity index (χ1n) is 5.79. The van der Waals surface area contributed by atoms with Crippen LogP contribution in [0.25, 0.3) is 0 Å². The number of rotatable bonds is 4. The van der Waals surface area contributed by atoms with E-state index < -0.39 is 16.1 Å². The summed E-state index contributed by atoms with van der Waals surface area (Å²) in [6.07, 6.45) is 0. The summed E-state index contributed by atoms with van der Waals surface area (Å²) < 4.78 is 27.2. The highest BCUT2D eigenvalue weighted by atomic mass is 35.5. The van der Waals surface area contributed by atoms with Crippen LogP contribution in [0.1, 0.15) is 23.7 Å². The second-order valence-corrected chi connectivity index (χ2v) is 7.36. The molecular formula is C12H14ClN3O2S2. The van der Waals surface area contributed by atoms with E-state index in [1.165, 1.54) is 29.5 Å². The van der Waals surface area contributed by atoms with Crippen LogP contribution in [-0.4, -0.2) is 13.4 Å². The molecule has 2 rings (SSSR count). The lowest BCUT2D eigenvalue weighted by Gasteiger charge is -2.13. The Kier molecular flexibility index (Phi) is 4.33. The maximum atomic E-state index is 12.3. The Morgan fingerprint density at radius 1 is 1.45 bits per heavy atom. The molecule has 1 aromatic heterocycles. The number of sulfonamides is 1. The van der Waals surface area contributed by atoms with E-state index in [2.05, 4.69) is 9.71 Å². The molecule has 0 spiro atoms. The number of nitrogens with two attached hydrogens (primary N) is 1. The van der Waals surface area contributed by atoms with Gasteiger partial charge in [-0.2, -0.15) is 0 Å². The first-order chi connectivity index (χ1) is 9.29. The fourth-order valence-corrected chi connectivity index (χ4v) is 4.06. The van der Waals surface area contributed by atoms with Crippen LogP contribution in [0.2, 0.25) is 5.02 Å². The van der Waals surface area contributed by atoms with Crippen molar-refractivity contribution in [1.82, 2.24) is 9.71 Å². The third-order valence-corrected chi connectivity index (χ3v) is 5.60. The molecule has 0 saturated carbocycles. The van der Waals surface area contributed by atoms with Crippen molar-refractivity contribution in [2.45, 2.75) is 24.8 Å². The van der Waals surface area contributed by atoms with Gasteiger partial charge in [0.1, 0.15) is 9.90 Å². The molecule has 1 unspecified atom stereocenters. The summed E-state index contributed by atoms with van der Waals surface area (Å²) in [5.41, 5.74) is 6.69. The molecule has 0 amide bonds. The van der Waals surface area contributed by atoms with Crippen LogP contribution < -0.4 is 10.5 Å². The number of nitrogens with zero attached hydrogens (tertiary/aromatic N) is 1. The molecule has 20 heavy (non-hydrogen) atoms. The maximum Gasteiger partial charge on any atom is 0.243 e. The molecule has 0 aliphatic rings. The quantitative estimate of drug-likeness (QED) is 0.843. The van der Waals surface area contributed by atoms with Gasteiger partial charge in [-0.25, -0.2) is 18.1 Å². The third kappa shape index (κ3) is 3.29. The summed E-state index contributed by atoms with van der Waals surface area (Å²) in [5.74, 6) is 0. The minimum absolute atomic E-state index is 0.0158. The van der Waals surface area contributed by atoms with Gasteiger partial charge in [-0.15, -0.1) is 11.3 Å². The van der Waals surface area contributed by atoms with Crippen molar-refractivity contribution in [3.05, 3.63) is 39.3 Å². The molecule has 0 fully saturated rings. The highest BCUT2D eigenvalue weighted by Gasteiger charge is 2.22. The Morgan fingerprint density at radius 2 is 2.15 bits per heavy atom. The van der Waals surface area contributed by atoms with Crippen molar-refractivity contribution < 1.29 is 8.42 Å². The van der Waals surface area contributed by atoms with Crippen LogP contribution in [0, 0.1) is 6.92 Å². The number of hydrogen-bond donors (Lipinski definition) is 2. The molecule has 0 saturated heterocycles. The largest absolute Gasteiger partial charge is 0.398 e. The predicted molar refractivity (Wildman–Crippen MR) is 81.5 cm³/mol. The third-order valence-electron chi connectivity index (χ3n) is 2.60. The van der Waals surface area contributed by atoms with Gasteiger partial charge in [0.2, 0.25) is 10.0 Å². The number of hydrogen-bond acceptors (Lipinski definition) is 5.